The summed E-state index contributed by atoms with van der Waals surface area (Å²) in [5.41, 5.74) is 2.66. The Hall–Kier alpha value is -1.15. The van der Waals surface area contributed by atoms with Crippen LogP contribution in [0.5, 0.6) is 0 Å². The molecule has 1 rings (SSSR count). The van der Waals surface area contributed by atoms with E-state index < -0.39 is 0 Å². The number of hydrogen-bond donors (Lipinski definition) is 0. The molecule has 2 heteroatoms. The molecule has 0 unspecified atom stereocenters. The van der Waals surface area contributed by atoms with Crippen molar-refractivity contribution in [2.75, 3.05) is 6.61 Å². The number of ketones is 1. The molecule has 0 saturated carbocycles. The van der Waals surface area contributed by atoms with Crippen molar-refractivity contribution in [1.82, 2.24) is 0 Å². The van der Waals surface area contributed by atoms with E-state index in [2.05, 4.69) is 6.92 Å². The summed E-state index contributed by atoms with van der Waals surface area (Å²) in [6, 6.07) is 5.93. The second kappa shape index (κ2) is 5.46. The summed E-state index contributed by atoms with van der Waals surface area (Å²) in [5.74, 6) is 0.0627. The van der Waals surface area contributed by atoms with Crippen LogP contribution in [0.3, 0.4) is 0 Å². The highest BCUT2D eigenvalue weighted by molar-refractivity contribution is 5.98. The SMILES string of the molecule is CCC(C)(C)OCC(=O)c1cc(C)ccc1C. The fourth-order valence-corrected chi connectivity index (χ4v) is 1.48. The molecule has 0 radical (unpaired) electrons. The Bertz CT molecular complexity index is 405. The largest absolute Gasteiger partial charge is 0.367 e. The first-order chi connectivity index (χ1) is 7.85. The van der Waals surface area contributed by atoms with Crippen LogP contribution in [0.15, 0.2) is 18.2 Å². The van der Waals surface area contributed by atoms with Crippen LogP contribution in [0.2, 0.25) is 0 Å². The molecule has 0 atom stereocenters. The molecule has 0 bridgehead atoms. The number of carbonyl (C=O) groups excluding carboxylic acids is 1. The van der Waals surface area contributed by atoms with Gasteiger partial charge in [0.15, 0.2) is 5.78 Å². The number of rotatable bonds is 5. The zero-order valence-corrected chi connectivity index (χ0v) is 11.5. The van der Waals surface area contributed by atoms with Crippen LogP contribution in [0.4, 0.5) is 0 Å². The van der Waals surface area contributed by atoms with E-state index in [0.29, 0.717) is 0 Å². The van der Waals surface area contributed by atoms with Crippen LogP contribution in [0, 0.1) is 13.8 Å². The minimum atomic E-state index is -0.229. The van der Waals surface area contributed by atoms with Crippen molar-refractivity contribution in [1.29, 1.82) is 0 Å². The molecule has 0 amide bonds. The smallest absolute Gasteiger partial charge is 0.188 e. The molecule has 0 aliphatic rings. The van der Waals surface area contributed by atoms with Gasteiger partial charge in [-0.1, -0.05) is 24.6 Å². The average molecular weight is 234 g/mol. The minimum absolute atomic E-state index is 0.0627. The summed E-state index contributed by atoms with van der Waals surface area (Å²) in [6.07, 6.45) is 0.896. The van der Waals surface area contributed by atoms with Gasteiger partial charge in [-0.15, -0.1) is 0 Å². The van der Waals surface area contributed by atoms with Crippen molar-refractivity contribution in [3.05, 3.63) is 34.9 Å². The third kappa shape index (κ3) is 3.97. The highest BCUT2D eigenvalue weighted by atomic mass is 16.5. The van der Waals surface area contributed by atoms with Gasteiger partial charge in [0.2, 0.25) is 0 Å². The maximum atomic E-state index is 12.1. The van der Waals surface area contributed by atoms with Gasteiger partial charge in [-0.3, -0.25) is 4.79 Å². The molecule has 1 aromatic rings. The zero-order chi connectivity index (χ0) is 13.1. The summed E-state index contributed by atoms with van der Waals surface area (Å²) >= 11 is 0. The second-order valence-electron chi connectivity index (χ2n) is 5.14. The number of benzene rings is 1. The molecule has 0 saturated heterocycles. The van der Waals surface area contributed by atoms with Crippen LogP contribution in [0.1, 0.15) is 48.7 Å². The van der Waals surface area contributed by atoms with Crippen LogP contribution in [0.25, 0.3) is 0 Å². The topological polar surface area (TPSA) is 26.3 Å². The lowest BCUT2D eigenvalue weighted by Gasteiger charge is -2.23. The lowest BCUT2D eigenvalue weighted by atomic mass is 10.0. The van der Waals surface area contributed by atoms with E-state index in [1.807, 2.05) is 45.9 Å². The van der Waals surface area contributed by atoms with Gasteiger partial charge in [0, 0.05) is 5.56 Å². The molecule has 94 valence electrons. The summed E-state index contributed by atoms with van der Waals surface area (Å²) in [6.45, 7) is 10.2. The van der Waals surface area contributed by atoms with Crippen LogP contribution in [-0.2, 0) is 4.74 Å². The average Bonchev–Trinajstić information content (AvgIpc) is 2.29. The summed E-state index contributed by atoms with van der Waals surface area (Å²) in [7, 11) is 0. The Morgan fingerprint density at radius 3 is 2.53 bits per heavy atom. The van der Waals surface area contributed by atoms with E-state index in [-0.39, 0.29) is 18.0 Å². The third-order valence-electron chi connectivity index (χ3n) is 3.14. The Labute approximate surface area is 104 Å². The number of Topliss-reactive ketones (excluding diaryl/α,β-unsaturated/α-hetero) is 1. The van der Waals surface area contributed by atoms with Crippen molar-refractivity contribution < 1.29 is 9.53 Å². The zero-order valence-electron chi connectivity index (χ0n) is 11.5. The highest BCUT2D eigenvalue weighted by Gasteiger charge is 2.18. The lowest BCUT2D eigenvalue weighted by Crippen LogP contribution is -2.26. The number of aryl methyl sites for hydroxylation is 2. The van der Waals surface area contributed by atoms with Crippen molar-refractivity contribution in [2.45, 2.75) is 46.6 Å². The number of ether oxygens (including phenoxy) is 1. The molecule has 0 heterocycles. The number of carbonyl (C=O) groups is 1. The van der Waals surface area contributed by atoms with E-state index in [0.717, 1.165) is 23.1 Å². The molecule has 0 aromatic heterocycles. The van der Waals surface area contributed by atoms with Gasteiger partial charge in [0.05, 0.1) is 5.60 Å². The highest BCUT2D eigenvalue weighted by Crippen LogP contribution is 2.16. The standard InChI is InChI=1S/C15H22O2/c1-6-15(4,5)17-10-14(16)13-9-11(2)7-8-12(13)3/h7-9H,6,10H2,1-5H3. The first kappa shape index (κ1) is 13.9. The van der Waals surface area contributed by atoms with E-state index >= 15 is 0 Å². The predicted octanol–water partition coefficient (Wildman–Crippen LogP) is 3.69. The van der Waals surface area contributed by atoms with Crippen LogP contribution < -0.4 is 0 Å². The van der Waals surface area contributed by atoms with Crippen molar-refractivity contribution in [3.63, 3.8) is 0 Å². The normalized spacial score (nSPS) is 11.6. The Kier molecular flexibility index (Phi) is 4.47. The molecule has 17 heavy (non-hydrogen) atoms. The molecule has 0 fully saturated rings. The monoisotopic (exact) mass is 234 g/mol. The molecule has 0 aliphatic heterocycles. The predicted molar refractivity (Wildman–Crippen MR) is 70.6 cm³/mol. The molecule has 0 spiro atoms. The molecule has 0 N–H and O–H groups in total. The first-order valence-electron chi connectivity index (χ1n) is 6.10. The van der Waals surface area contributed by atoms with E-state index in [9.17, 15) is 4.79 Å². The number of hydrogen-bond acceptors (Lipinski definition) is 2. The Morgan fingerprint density at radius 2 is 1.94 bits per heavy atom. The molecule has 1 aromatic carbocycles. The molecular formula is C15H22O2. The summed E-state index contributed by atoms with van der Waals surface area (Å²) in [4.78, 5) is 12.1. The van der Waals surface area contributed by atoms with Crippen molar-refractivity contribution in [3.8, 4) is 0 Å². The Morgan fingerprint density at radius 1 is 1.29 bits per heavy atom. The lowest BCUT2D eigenvalue weighted by molar-refractivity contribution is -0.0122. The molecule has 0 aliphatic carbocycles. The van der Waals surface area contributed by atoms with E-state index in [1.54, 1.807) is 0 Å². The second-order valence-corrected chi connectivity index (χ2v) is 5.14. The van der Waals surface area contributed by atoms with Gasteiger partial charge in [0.1, 0.15) is 6.61 Å². The quantitative estimate of drug-likeness (QED) is 0.726. The fourth-order valence-electron chi connectivity index (χ4n) is 1.48. The first-order valence-corrected chi connectivity index (χ1v) is 6.10. The van der Waals surface area contributed by atoms with Crippen molar-refractivity contribution in [2.24, 2.45) is 0 Å². The van der Waals surface area contributed by atoms with Crippen LogP contribution in [-0.4, -0.2) is 18.0 Å². The van der Waals surface area contributed by atoms with E-state index in [1.165, 1.54) is 0 Å². The summed E-state index contributed by atoms with van der Waals surface area (Å²) < 4.78 is 5.64. The van der Waals surface area contributed by atoms with Gasteiger partial charge in [-0.2, -0.15) is 0 Å². The summed E-state index contributed by atoms with van der Waals surface area (Å²) in [5, 5.41) is 0. The van der Waals surface area contributed by atoms with Gasteiger partial charge in [-0.05, 0) is 45.7 Å². The van der Waals surface area contributed by atoms with Crippen LogP contribution >= 0.6 is 0 Å². The van der Waals surface area contributed by atoms with Gasteiger partial charge in [-0.25, -0.2) is 0 Å². The van der Waals surface area contributed by atoms with Gasteiger partial charge >= 0.3 is 0 Å². The van der Waals surface area contributed by atoms with Gasteiger partial charge in [0.25, 0.3) is 0 Å². The Balaban J connectivity index is 2.74. The minimum Gasteiger partial charge on any atom is -0.367 e. The molecule has 2 nitrogen and oxygen atoms in total. The molecular weight excluding hydrogens is 212 g/mol. The maximum absolute atomic E-state index is 12.1. The van der Waals surface area contributed by atoms with Gasteiger partial charge < -0.3 is 4.74 Å². The fraction of sp³-hybridized carbons (Fsp3) is 0.533. The van der Waals surface area contributed by atoms with Crippen molar-refractivity contribution >= 4 is 5.78 Å². The maximum Gasteiger partial charge on any atom is 0.188 e. The van der Waals surface area contributed by atoms with E-state index in [4.69, 9.17) is 4.74 Å². The third-order valence-corrected chi connectivity index (χ3v) is 3.14.